The molecule has 2 heterocycles. The normalized spacial score (nSPS) is 15.4. The summed E-state index contributed by atoms with van der Waals surface area (Å²) in [6.07, 6.45) is 0.132. The fraction of sp³-hybridized carbons (Fsp3) is 0.417. The number of rotatable bonds is 5. The van der Waals surface area contributed by atoms with Crippen LogP contribution >= 0.6 is 11.3 Å². The van der Waals surface area contributed by atoms with E-state index in [4.69, 9.17) is 5.11 Å². The van der Waals surface area contributed by atoms with Gasteiger partial charge in [0, 0.05) is 13.1 Å². The van der Waals surface area contributed by atoms with E-state index in [1.54, 1.807) is 17.5 Å². The van der Waals surface area contributed by atoms with Gasteiger partial charge in [-0.3, -0.25) is 30.1 Å². The molecule has 2 rings (SSSR count). The predicted molar refractivity (Wildman–Crippen MR) is 72.1 cm³/mol. The number of nitrogens with zero attached hydrogens (tertiary/aromatic N) is 1. The Morgan fingerprint density at radius 1 is 1.35 bits per heavy atom. The summed E-state index contributed by atoms with van der Waals surface area (Å²) in [7, 11) is 0. The molecule has 1 aromatic heterocycles. The van der Waals surface area contributed by atoms with E-state index < -0.39 is 5.97 Å². The summed E-state index contributed by atoms with van der Waals surface area (Å²) in [5.41, 5.74) is 4.67. The summed E-state index contributed by atoms with van der Waals surface area (Å²) >= 11 is 1.29. The Balaban J connectivity index is 1.62. The van der Waals surface area contributed by atoms with Gasteiger partial charge in [-0.1, -0.05) is 6.07 Å². The lowest BCUT2D eigenvalue weighted by molar-refractivity contribution is -0.139. The molecule has 1 saturated heterocycles. The lowest BCUT2D eigenvalue weighted by Gasteiger charge is -2.37. The van der Waals surface area contributed by atoms with E-state index >= 15 is 0 Å². The van der Waals surface area contributed by atoms with E-state index in [1.165, 1.54) is 11.3 Å². The summed E-state index contributed by atoms with van der Waals surface area (Å²) in [5, 5.41) is 10.4. The van der Waals surface area contributed by atoms with Gasteiger partial charge in [0.1, 0.15) is 0 Å². The summed E-state index contributed by atoms with van der Waals surface area (Å²) in [6.45, 7) is 1.35. The van der Waals surface area contributed by atoms with Gasteiger partial charge in [0.05, 0.1) is 17.8 Å². The SMILES string of the molecule is O=C(O)CC1CN(CC(=O)NNC(=O)c2cccs2)C1. The summed E-state index contributed by atoms with van der Waals surface area (Å²) in [5.74, 6) is -1.37. The Morgan fingerprint density at radius 3 is 2.70 bits per heavy atom. The number of hydrogen-bond acceptors (Lipinski definition) is 5. The minimum absolute atomic E-state index is 0.112. The van der Waals surface area contributed by atoms with Crippen molar-refractivity contribution in [2.75, 3.05) is 19.6 Å². The standard InChI is InChI=1S/C12H15N3O4S/c16-10(7-15-5-8(6-15)4-11(17)18)13-14-12(19)9-2-1-3-20-9/h1-3,8H,4-7H2,(H,13,16)(H,14,19)(H,17,18). The molecule has 7 nitrogen and oxygen atoms in total. The number of thiophene rings is 1. The highest BCUT2D eigenvalue weighted by molar-refractivity contribution is 7.12. The number of likely N-dealkylation sites (tertiary alicyclic amines) is 1. The van der Waals surface area contributed by atoms with Crippen LogP contribution in [0.5, 0.6) is 0 Å². The van der Waals surface area contributed by atoms with Crippen LogP contribution in [0.1, 0.15) is 16.1 Å². The van der Waals surface area contributed by atoms with E-state index in [2.05, 4.69) is 10.9 Å². The van der Waals surface area contributed by atoms with Gasteiger partial charge in [-0.2, -0.15) is 0 Å². The highest BCUT2D eigenvalue weighted by Crippen LogP contribution is 2.18. The Bertz CT molecular complexity index is 497. The average Bonchev–Trinajstić information content (AvgIpc) is 2.86. The Kier molecular flexibility index (Phi) is 4.70. The number of carboxylic acids is 1. The molecule has 1 aliphatic rings. The molecule has 0 spiro atoms. The molecule has 8 heteroatoms. The molecule has 3 N–H and O–H groups in total. The molecule has 0 unspecified atom stereocenters. The van der Waals surface area contributed by atoms with Gasteiger partial charge in [-0.05, 0) is 17.4 Å². The third kappa shape index (κ3) is 4.04. The molecule has 0 radical (unpaired) electrons. The van der Waals surface area contributed by atoms with Crippen LogP contribution in [-0.4, -0.2) is 47.4 Å². The molecule has 1 aromatic rings. The molecule has 0 saturated carbocycles. The Labute approximate surface area is 119 Å². The highest BCUT2D eigenvalue weighted by atomic mass is 32.1. The minimum atomic E-state index is -0.817. The second kappa shape index (κ2) is 6.49. The van der Waals surface area contributed by atoms with Crippen LogP contribution in [0.4, 0.5) is 0 Å². The molecule has 0 atom stereocenters. The third-order valence-corrected chi connectivity index (χ3v) is 3.79. The number of hydrogen-bond donors (Lipinski definition) is 3. The summed E-state index contributed by atoms with van der Waals surface area (Å²) in [4.78, 5) is 36.0. The van der Waals surface area contributed by atoms with Crippen molar-refractivity contribution in [2.45, 2.75) is 6.42 Å². The van der Waals surface area contributed by atoms with E-state index in [9.17, 15) is 14.4 Å². The van der Waals surface area contributed by atoms with Gasteiger partial charge in [0.15, 0.2) is 0 Å². The van der Waals surface area contributed by atoms with Gasteiger partial charge >= 0.3 is 5.97 Å². The molecular formula is C12H15N3O4S. The van der Waals surface area contributed by atoms with Crippen LogP contribution in [-0.2, 0) is 9.59 Å². The fourth-order valence-electron chi connectivity index (χ4n) is 2.02. The maximum atomic E-state index is 11.6. The quantitative estimate of drug-likeness (QED) is 0.660. The van der Waals surface area contributed by atoms with E-state index in [0.717, 1.165) is 0 Å². The van der Waals surface area contributed by atoms with Gasteiger partial charge < -0.3 is 5.11 Å². The van der Waals surface area contributed by atoms with Crippen molar-refractivity contribution in [3.8, 4) is 0 Å². The number of carbonyl (C=O) groups excluding carboxylic acids is 2. The van der Waals surface area contributed by atoms with Crippen molar-refractivity contribution in [3.05, 3.63) is 22.4 Å². The van der Waals surface area contributed by atoms with E-state index in [-0.39, 0.29) is 30.7 Å². The van der Waals surface area contributed by atoms with Gasteiger partial charge in [-0.15, -0.1) is 11.3 Å². The maximum absolute atomic E-state index is 11.6. The van der Waals surface area contributed by atoms with Gasteiger partial charge in [0.25, 0.3) is 11.8 Å². The zero-order valence-electron chi connectivity index (χ0n) is 10.7. The fourth-order valence-corrected chi connectivity index (χ4v) is 2.64. The zero-order valence-corrected chi connectivity index (χ0v) is 11.5. The maximum Gasteiger partial charge on any atom is 0.303 e. The van der Waals surface area contributed by atoms with Crippen LogP contribution < -0.4 is 10.9 Å². The molecule has 0 aromatic carbocycles. The largest absolute Gasteiger partial charge is 0.481 e. The zero-order chi connectivity index (χ0) is 14.5. The van der Waals surface area contributed by atoms with Crippen LogP contribution in [0.2, 0.25) is 0 Å². The second-order valence-corrected chi connectivity index (χ2v) is 5.59. The topological polar surface area (TPSA) is 98.7 Å². The third-order valence-electron chi connectivity index (χ3n) is 2.92. The highest BCUT2D eigenvalue weighted by Gasteiger charge is 2.29. The predicted octanol–water partition coefficient (Wildman–Crippen LogP) is -0.0844. The first kappa shape index (κ1) is 14.5. The first-order valence-electron chi connectivity index (χ1n) is 6.11. The molecule has 1 fully saturated rings. The van der Waals surface area contributed by atoms with Crippen molar-refractivity contribution >= 4 is 29.1 Å². The lowest BCUT2D eigenvalue weighted by Crippen LogP contribution is -2.53. The molecule has 1 aliphatic heterocycles. The average molecular weight is 297 g/mol. The van der Waals surface area contributed by atoms with Crippen molar-refractivity contribution in [1.29, 1.82) is 0 Å². The molecule has 108 valence electrons. The first-order valence-corrected chi connectivity index (χ1v) is 6.99. The van der Waals surface area contributed by atoms with Crippen LogP contribution in [0.25, 0.3) is 0 Å². The number of nitrogens with one attached hydrogen (secondary N) is 2. The van der Waals surface area contributed by atoms with Crippen molar-refractivity contribution < 1.29 is 19.5 Å². The van der Waals surface area contributed by atoms with Crippen LogP contribution in [0.3, 0.4) is 0 Å². The molecular weight excluding hydrogens is 282 g/mol. The monoisotopic (exact) mass is 297 g/mol. The van der Waals surface area contributed by atoms with Crippen LogP contribution in [0, 0.1) is 5.92 Å². The molecule has 20 heavy (non-hydrogen) atoms. The molecule has 0 bridgehead atoms. The Morgan fingerprint density at radius 2 is 2.10 bits per heavy atom. The number of amides is 2. The van der Waals surface area contributed by atoms with Crippen molar-refractivity contribution in [2.24, 2.45) is 5.92 Å². The summed E-state index contributed by atoms with van der Waals surface area (Å²) < 4.78 is 0. The minimum Gasteiger partial charge on any atom is -0.481 e. The molecule has 0 aliphatic carbocycles. The van der Waals surface area contributed by atoms with E-state index in [0.29, 0.717) is 18.0 Å². The number of hydrazine groups is 1. The number of carbonyl (C=O) groups is 3. The van der Waals surface area contributed by atoms with Gasteiger partial charge in [-0.25, -0.2) is 0 Å². The Hall–Kier alpha value is -1.93. The van der Waals surface area contributed by atoms with Crippen LogP contribution in [0.15, 0.2) is 17.5 Å². The number of aliphatic carboxylic acids is 1. The smallest absolute Gasteiger partial charge is 0.303 e. The second-order valence-electron chi connectivity index (χ2n) is 4.64. The number of carboxylic acid groups (broad SMARTS) is 1. The van der Waals surface area contributed by atoms with E-state index in [1.807, 2.05) is 4.90 Å². The molecule has 2 amide bonds. The summed E-state index contributed by atoms with van der Waals surface area (Å²) in [6, 6.07) is 3.42. The first-order chi connectivity index (χ1) is 9.54. The van der Waals surface area contributed by atoms with Crippen molar-refractivity contribution in [1.82, 2.24) is 15.8 Å². The van der Waals surface area contributed by atoms with Crippen molar-refractivity contribution in [3.63, 3.8) is 0 Å². The lowest BCUT2D eigenvalue weighted by atomic mass is 9.96. The van der Waals surface area contributed by atoms with Gasteiger partial charge in [0.2, 0.25) is 0 Å².